The maximum atomic E-state index is 12.0. The van der Waals surface area contributed by atoms with Crippen molar-refractivity contribution in [1.29, 1.82) is 0 Å². The Morgan fingerprint density at radius 3 is 1.87 bits per heavy atom. The molecular weight excluding hydrogens is 673 g/mol. The number of benzene rings is 5. The van der Waals surface area contributed by atoms with Gasteiger partial charge < -0.3 is 5.11 Å². The number of phenolic OH excluding ortho intramolecular Hbond substituents is 1. The summed E-state index contributed by atoms with van der Waals surface area (Å²) in [7, 11) is 0. The highest BCUT2D eigenvalue weighted by Gasteiger charge is 2.29. The third-order valence-electron chi connectivity index (χ3n) is 10.5. The van der Waals surface area contributed by atoms with E-state index in [1.807, 2.05) is 42.7 Å². The van der Waals surface area contributed by atoms with Gasteiger partial charge in [-0.25, -0.2) is 9.97 Å². The molecule has 3 aromatic heterocycles. The van der Waals surface area contributed by atoms with Crippen LogP contribution in [0.25, 0.3) is 72.9 Å². The van der Waals surface area contributed by atoms with E-state index in [1.54, 1.807) is 0 Å². The number of fused-ring (bicyclic) bond motifs is 1. The lowest BCUT2D eigenvalue weighted by Gasteiger charge is -2.27. The van der Waals surface area contributed by atoms with E-state index in [9.17, 15) is 5.11 Å². The Hall–Kier alpha value is -6.33. The second kappa shape index (κ2) is 13.8. The number of hydrogen-bond acceptors (Lipinski definition) is 4. The fourth-order valence-corrected chi connectivity index (χ4v) is 7.33. The summed E-state index contributed by atoms with van der Waals surface area (Å²) in [6.45, 7) is 15.1. The van der Waals surface area contributed by atoms with Gasteiger partial charge in [0.15, 0.2) is 11.5 Å². The molecule has 0 amide bonds. The quantitative estimate of drug-likeness (QED) is 0.186. The Labute approximate surface area is 324 Å². The highest BCUT2D eigenvalue weighted by atomic mass is 16.3. The van der Waals surface area contributed by atoms with Crippen LogP contribution in [0.2, 0.25) is 0 Å². The fraction of sp³-hybridized carbons (Fsp3) is 0.180. The van der Waals surface area contributed by atoms with E-state index in [2.05, 4.69) is 156 Å². The number of para-hydroxylation sites is 1. The maximum Gasteiger partial charge on any atom is 0.165 e. The highest BCUT2D eigenvalue weighted by molar-refractivity contribution is 5.94. The van der Waals surface area contributed by atoms with Gasteiger partial charge in [-0.1, -0.05) is 139 Å². The maximum absolute atomic E-state index is 12.0. The van der Waals surface area contributed by atoms with Crippen LogP contribution in [0, 0.1) is 6.92 Å². The van der Waals surface area contributed by atoms with E-state index < -0.39 is 0 Å². The van der Waals surface area contributed by atoms with Gasteiger partial charge in [0.25, 0.3) is 0 Å². The minimum absolute atomic E-state index is 0.147. The summed E-state index contributed by atoms with van der Waals surface area (Å²) in [6, 6.07) is 46.3. The van der Waals surface area contributed by atoms with Gasteiger partial charge in [0, 0.05) is 34.8 Å². The van der Waals surface area contributed by atoms with Crippen LogP contribution in [0.3, 0.4) is 0 Å². The summed E-state index contributed by atoms with van der Waals surface area (Å²) in [5.74, 6) is 0.891. The number of aryl methyl sites for hydroxylation is 1. The summed E-state index contributed by atoms with van der Waals surface area (Å²) < 4.78 is 2.08. The Morgan fingerprint density at radius 1 is 0.545 bits per heavy atom. The zero-order chi connectivity index (χ0) is 38.5. The second-order valence-electron chi connectivity index (χ2n) is 16.5. The number of aromatic nitrogens is 4. The average Bonchev–Trinajstić information content (AvgIpc) is 3.58. The van der Waals surface area contributed by atoms with Gasteiger partial charge in [-0.15, -0.1) is 0 Å². The summed E-state index contributed by atoms with van der Waals surface area (Å²) in [5, 5.41) is 12.0. The molecule has 5 aromatic carbocycles. The minimum atomic E-state index is -0.289. The van der Waals surface area contributed by atoms with Crippen molar-refractivity contribution in [2.75, 3.05) is 0 Å². The molecule has 0 atom stereocenters. The molecule has 0 spiro atoms. The molecule has 0 saturated carbocycles. The molecule has 0 aliphatic rings. The van der Waals surface area contributed by atoms with Crippen molar-refractivity contribution in [2.24, 2.45) is 0 Å². The molecule has 272 valence electrons. The van der Waals surface area contributed by atoms with Crippen molar-refractivity contribution >= 4 is 11.2 Å². The number of rotatable bonds is 6. The van der Waals surface area contributed by atoms with Gasteiger partial charge in [0.2, 0.25) is 0 Å². The topological polar surface area (TPSA) is 63.8 Å². The Kier molecular flexibility index (Phi) is 8.97. The first-order valence-electron chi connectivity index (χ1n) is 18.9. The van der Waals surface area contributed by atoms with Crippen molar-refractivity contribution < 1.29 is 5.11 Å². The normalized spacial score (nSPS) is 12.0. The largest absolute Gasteiger partial charge is 0.507 e. The summed E-state index contributed by atoms with van der Waals surface area (Å²) in [6.07, 6.45) is 3.81. The number of imidazole rings is 1. The zero-order valence-corrected chi connectivity index (χ0v) is 32.6. The lowest BCUT2D eigenvalue weighted by atomic mass is 9.79. The van der Waals surface area contributed by atoms with E-state index in [4.69, 9.17) is 15.0 Å². The molecule has 0 saturated heterocycles. The van der Waals surface area contributed by atoms with Crippen LogP contribution in [0.4, 0.5) is 0 Å². The molecule has 0 radical (unpaired) electrons. The van der Waals surface area contributed by atoms with Crippen LogP contribution in [-0.4, -0.2) is 24.6 Å². The highest BCUT2D eigenvalue weighted by Crippen LogP contribution is 2.44. The first kappa shape index (κ1) is 35.7. The van der Waals surface area contributed by atoms with E-state index in [1.165, 1.54) is 11.1 Å². The molecular formula is C50H46N4O. The van der Waals surface area contributed by atoms with Crippen molar-refractivity contribution in [3.05, 3.63) is 163 Å². The van der Waals surface area contributed by atoms with Gasteiger partial charge in [-0.05, 0) is 93.1 Å². The second-order valence-corrected chi connectivity index (χ2v) is 16.5. The molecule has 0 aliphatic carbocycles. The number of pyridine rings is 2. The van der Waals surface area contributed by atoms with Gasteiger partial charge in [-0.2, -0.15) is 0 Å². The molecule has 3 heterocycles. The molecule has 0 aliphatic heterocycles. The summed E-state index contributed by atoms with van der Waals surface area (Å²) >= 11 is 0. The zero-order valence-electron chi connectivity index (χ0n) is 32.6. The van der Waals surface area contributed by atoms with Crippen molar-refractivity contribution in [1.82, 2.24) is 19.5 Å². The SMILES string of the molecule is Cc1cnc(-c2cccc(-c3ccnc4c3nc(-c3cc(C(C)(C)C)cc(C(C)(C)C)c3O)n4-c3ccccc3)c2)cc1-c1ccc(-c2ccccc2)cc1. The molecule has 5 heteroatoms. The van der Waals surface area contributed by atoms with Crippen molar-refractivity contribution in [2.45, 2.75) is 59.3 Å². The molecule has 0 fully saturated rings. The third kappa shape index (κ3) is 6.83. The Balaban J connectivity index is 1.26. The molecule has 0 unspecified atom stereocenters. The third-order valence-corrected chi connectivity index (χ3v) is 10.5. The molecule has 55 heavy (non-hydrogen) atoms. The van der Waals surface area contributed by atoms with Crippen molar-refractivity contribution in [3.8, 4) is 67.5 Å². The van der Waals surface area contributed by atoms with Gasteiger partial charge in [0.05, 0.1) is 11.3 Å². The van der Waals surface area contributed by atoms with Crippen LogP contribution < -0.4 is 0 Å². The van der Waals surface area contributed by atoms with Gasteiger partial charge >= 0.3 is 0 Å². The Morgan fingerprint density at radius 2 is 1.18 bits per heavy atom. The first-order chi connectivity index (χ1) is 26.4. The number of phenols is 1. The monoisotopic (exact) mass is 718 g/mol. The Bertz CT molecular complexity index is 2660. The summed E-state index contributed by atoms with van der Waals surface area (Å²) in [4.78, 5) is 15.2. The van der Waals surface area contributed by atoms with E-state index >= 15 is 0 Å². The van der Waals surface area contributed by atoms with E-state index in [0.29, 0.717) is 11.4 Å². The van der Waals surface area contributed by atoms with Crippen LogP contribution in [0.15, 0.2) is 146 Å². The van der Waals surface area contributed by atoms with Gasteiger partial charge in [0.1, 0.15) is 11.3 Å². The van der Waals surface area contributed by atoms with Crippen LogP contribution in [-0.2, 0) is 10.8 Å². The predicted molar refractivity (Wildman–Crippen MR) is 228 cm³/mol. The molecule has 8 aromatic rings. The van der Waals surface area contributed by atoms with Crippen LogP contribution >= 0.6 is 0 Å². The smallest absolute Gasteiger partial charge is 0.165 e. The standard InChI is InChI=1S/C50H46N4O/c1-32-31-52-44(30-41(32)35-23-21-34(22-24-35)33-15-10-8-11-16-33)37-18-14-17-36(27-37)40-25-26-51-48-45(40)53-47(54(48)39-19-12-9-13-20-39)42-28-38(49(2,3)4)29-43(46(42)55)50(5,6)7/h8-31,55H,1-7H3. The van der Waals surface area contributed by atoms with E-state index in [0.717, 1.165) is 67.1 Å². The van der Waals surface area contributed by atoms with Gasteiger partial charge in [-0.3, -0.25) is 9.55 Å². The fourth-order valence-electron chi connectivity index (χ4n) is 7.33. The molecule has 1 N–H and O–H groups in total. The molecule has 5 nitrogen and oxygen atoms in total. The lowest BCUT2D eigenvalue weighted by Crippen LogP contribution is -2.17. The van der Waals surface area contributed by atoms with Crippen LogP contribution in [0.5, 0.6) is 5.75 Å². The predicted octanol–water partition coefficient (Wildman–Crippen LogP) is 12.8. The minimum Gasteiger partial charge on any atom is -0.507 e. The number of nitrogens with zero attached hydrogens (tertiary/aromatic N) is 4. The molecule has 0 bridgehead atoms. The van der Waals surface area contributed by atoms with Crippen LogP contribution in [0.1, 0.15) is 58.2 Å². The lowest BCUT2D eigenvalue weighted by molar-refractivity contribution is 0.446. The average molecular weight is 719 g/mol. The van der Waals surface area contributed by atoms with E-state index in [-0.39, 0.29) is 16.6 Å². The number of hydrogen-bond donors (Lipinski definition) is 1. The molecule has 8 rings (SSSR count). The van der Waals surface area contributed by atoms with Crippen molar-refractivity contribution in [3.63, 3.8) is 0 Å². The summed E-state index contributed by atoms with van der Waals surface area (Å²) in [5.41, 5.74) is 14.4. The number of aromatic hydroxyl groups is 1. The first-order valence-corrected chi connectivity index (χ1v) is 18.9.